The summed E-state index contributed by atoms with van der Waals surface area (Å²) in [5.74, 6) is 0.364. The highest BCUT2D eigenvalue weighted by molar-refractivity contribution is 9.11. The van der Waals surface area contributed by atoms with Crippen LogP contribution < -0.4 is 0 Å². The molecule has 0 radical (unpaired) electrons. The van der Waals surface area contributed by atoms with Crippen molar-refractivity contribution in [2.24, 2.45) is 56.2 Å². The summed E-state index contributed by atoms with van der Waals surface area (Å²) in [6.45, 7) is 16.7. The normalized spacial score (nSPS) is 42.9. The SMILES string of the molecule is CC1(C)CC[C@]2(C(=O)OCc3ccccc3)CC[C@]3(C)C(=C(Br)CC4[C@@]5(C)CC(C#N)C(=O)C(C)(C)C5CC[C@]43C)C2C1. The summed E-state index contributed by atoms with van der Waals surface area (Å²) in [6, 6.07) is 12.5. The molecule has 8 atom stereocenters. The van der Waals surface area contributed by atoms with E-state index in [1.54, 1.807) is 0 Å². The molecule has 0 aromatic heterocycles. The number of benzene rings is 1. The second kappa shape index (κ2) is 10.0. The average molecular weight is 649 g/mol. The summed E-state index contributed by atoms with van der Waals surface area (Å²) in [6.07, 6.45) is 8.39. The van der Waals surface area contributed by atoms with Crippen molar-refractivity contribution in [3.63, 3.8) is 0 Å². The summed E-state index contributed by atoms with van der Waals surface area (Å²) in [5.41, 5.74) is 1.52. The van der Waals surface area contributed by atoms with Crippen LogP contribution in [0.2, 0.25) is 0 Å². The number of halogens is 1. The molecule has 0 saturated heterocycles. The molecule has 4 nitrogen and oxygen atoms in total. The quantitative estimate of drug-likeness (QED) is 0.306. The van der Waals surface area contributed by atoms with E-state index in [1.807, 2.05) is 30.3 Å². The first-order valence-corrected chi connectivity index (χ1v) is 17.4. The van der Waals surface area contributed by atoms with Gasteiger partial charge in [-0.2, -0.15) is 5.26 Å². The van der Waals surface area contributed by atoms with Crippen LogP contribution in [0.25, 0.3) is 0 Å². The number of carbonyl (C=O) groups excluding carboxylic acids is 2. The third-order valence-corrected chi connectivity index (χ3v) is 14.9. The van der Waals surface area contributed by atoms with Gasteiger partial charge < -0.3 is 4.74 Å². The molecule has 232 valence electrons. The van der Waals surface area contributed by atoms with Crippen molar-refractivity contribution >= 4 is 27.7 Å². The highest BCUT2D eigenvalue weighted by Crippen LogP contribution is 2.77. The number of rotatable bonds is 3. The van der Waals surface area contributed by atoms with Gasteiger partial charge in [0, 0.05) is 5.41 Å². The van der Waals surface area contributed by atoms with E-state index in [2.05, 4.69) is 70.5 Å². The number of ether oxygens (including phenoxy) is 1. The smallest absolute Gasteiger partial charge is 0.313 e. The lowest BCUT2D eigenvalue weighted by molar-refractivity contribution is -0.195. The number of carbonyl (C=O) groups is 2. The van der Waals surface area contributed by atoms with E-state index in [1.165, 1.54) is 10.1 Å². The van der Waals surface area contributed by atoms with E-state index >= 15 is 0 Å². The minimum Gasteiger partial charge on any atom is -0.460 e. The van der Waals surface area contributed by atoms with Gasteiger partial charge in [-0.15, -0.1) is 0 Å². The second-order valence-corrected chi connectivity index (χ2v) is 18.0. The predicted molar refractivity (Wildman–Crippen MR) is 173 cm³/mol. The molecule has 0 aliphatic heterocycles. The van der Waals surface area contributed by atoms with E-state index in [0.717, 1.165) is 56.9 Å². The summed E-state index contributed by atoms with van der Waals surface area (Å²) < 4.78 is 7.46. The number of hydrogen-bond acceptors (Lipinski definition) is 4. The maximum absolute atomic E-state index is 14.3. The molecule has 0 heterocycles. The Labute approximate surface area is 267 Å². The third-order valence-electron chi connectivity index (χ3n) is 14.2. The molecule has 43 heavy (non-hydrogen) atoms. The lowest BCUT2D eigenvalue weighted by Crippen LogP contribution is -2.66. The highest BCUT2D eigenvalue weighted by Gasteiger charge is 2.71. The standard InChI is InChI=1S/C38H50BrNO3/c1-33(2)15-17-38(32(42)43-23-24-11-9-8-10-12-24)18-16-37(7)30(26(38)21-33)27(39)19-29-35(5)20-25(22-40)31(41)34(3,4)28(35)13-14-36(29,37)6/h8-12,25-26,28-29H,13-21,23H2,1-7H3/t25?,26?,28?,29?,35-,36+,37+,38-/m0/s1. The highest BCUT2D eigenvalue weighted by atomic mass is 79.9. The first kappa shape index (κ1) is 31.1. The summed E-state index contributed by atoms with van der Waals surface area (Å²) in [7, 11) is 0. The van der Waals surface area contributed by atoms with Crippen LogP contribution in [0.3, 0.4) is 0 Å². The molecule has 1 aromatic carbocycles. The molecule has 5 aliphatic carbocycles. The molecule has 1 aromatic rings. The molecular formula is C38H50BrNO3. The predicted octanol–water partition coefficient (Wildman–Crippen LogP) is 9.57. The van der Waals surface area contributed by atoms with Crippen LogP contribution in [0.1, 0.15) is 112 Å². The van der Waals surface area contributed by atoms with E-state index in [4.69, 9.17) is 4.74 Å². The van der Waals surface area contributed by atoms with Gasteiger partial charge in [0.25, 0.3) is 0 Å². The lowest BCUT2D eigenvalue weighted by atomic mass is 9.33. The van der Waals surface area contributed by atoms with Crippen LogP contribution in [0.5, 0.6) is 0 Å². The first-order chi connectivity index (χ1) is 20.1. The monoisotopic (exact) mass is 647 g/mol. The van der Waals surface area contributed by atoms with Gasteiger partial charge in [0.2, 0.25) is 0 Å². The van der Waals surface area contributed by atoms with E-state index < -0.39 is 16.7 Å². The van der Waals surface area contributed by atoms with Crippen molar-refractivity contribution < 1.29 is 14.3 Å². The Kier molecular flexibility index (Phi) is 7.25. The van der Waals surface area contributed by atoms with Gasteiger partial charge in [0.15, 0.2) is 5.78 Å². The Morgan fingerprint density at radius 3 is 2.30 bits per heavy atom. The Morgan fingerprint density at radius 2 is 1.63 bits per heavy atom. The molecule has 0 spiro atoms. The van der Waals surface area contributed by atoms with Gasteiger partial charge in [-0.25, -0.2) is 0 Å². The number of fused-ring (bicyclic) bond motifs is 7. The van der Waals surface area contributed by atoms with Crippen molar-refractivity contribution in [1.29, 1.82) is 5.26 Å². The van der Waals surface area contributed by atoms with Crippen molar-refractivity contribution in [3.05, 3.63) is 46.0 Å². The first-order valence-electron chi connectivity index (χ1n) is 16.6. The molecule has 0 N–H and O–H groups in total. The molecule has 0 bridgehead atoms. The van der Waals surface area contributed by atoms with E-state index in [0.29, 0.717) is 18.9 Å². The third kappa shape index (κ3) is 4.31. The number of nitriles is 1. The van der Waals surface area contributed by atoms with Crippen LogP contribution in [-0.4, -0.2) is 11.8 Å². The molecule has 5 heteroatoms. The molecule has 5 aliphatic rings. The van der Waals surface area contributed by atoms with Gasteiger partial charge in [0.05, 0.1) is 11.5 Å². The lowest BCUT2D eigenvalue weighted by Gasteiger charge is -2.71. The minimum absolute atomic E-state index is 0.0148. The van der Waals surface area contributed by atoms with Crippen LogP contribution in [0.15, 0.2) is 40.4 Å². The molecular weight excluding hydrogens is 598 g/mol. The molecule has 4 saturated carbocycles. The van der Waals surface area contributed by atoms with Crippen LogP contribution in [0, 0.1) is 67.5 Å². The van der Waals surface area contributed by atoms with Crippen LogP contribution in [-0.2, 0) is 20.9 Å². The van der Waals surface area contributed by atoms with Gasteiger partial charge in [0.1, 0.15) is 12.5 Å². The maximum Gasteiger partial charge on any atom is 0.313 e. The number of Topliss-reactive ketones (excluding diaryl/α,β-unsaturated/α-hetero) is 1. The molecule has 6 rings (SSSR count). The Hall–Kier alpha value is -1.93. The zero-order chi connectivity index (χ0) is 31.2. The van der Waals surface area contributed by atoms with Crippen molar-refractivity contribution in [3.8, 4) is 6.07 Å². The fraction of sp³-hybridized carbons (Fsp3) is 0.711. The molecule has 0 amide bonds. The van der Waals surface area contributed by atoms with Gasteiger partial charge >= 0.3 is 5.97 Å². The summed E-state index contributed by atoms with van der Waals surface area (Å²) >= 11 is 4.21. The second-order valence-electron chi connectivity index (χ2n) is 17.0. The Balaban J connectivity index is 1.42. The largest absolute Gasteiger partial charge is 0.460 e. The van der Waals surface area contributed by atoms with Crippen molar-refractivity contribution in [2.45, 2.75) is 113 Å². The number of esters is 1. The summed E-state index contributed by atoms with van der Waals surface area (Å²) in [4.78, 5) is 27.7. The Morgan fingerprint density at radius 1 is 0.953 bits per heavy atom. The van der Waals surface area contributed by atoms with Crippen LogP contribution >= 0.6 is 15.9 Å². The fourth-order valence-electron chi connectivity index (χ4n) is 11.6. The van der Waals surface area contributed by atoms with Crippen molar-refractivity contribution in [1.82, 2.24) is 0 Å². The zero-order valence-electron chi connectivity index (χ0n) is 27.3. The van der Waals surface area contributed by atoms with Gasteiger partial charge in [-0.1, -0.05) is 94.7 Å². The minimum atomic E-state index is -0.534. The van der Waals surface area contributed by atoms with Gasteiger partial charge in [-0.05, 0) is 113 Å². The topological polar surface area (TPSA) is 67.2 Å². The molecule has 4 fully saturated rings. The van der Waals surface area contributed by atoms with E-state index in [9.17, 15) is 14.9 Å². The number of hydrogen-bond donors (Lipinski definition) is 0. The van der Waals surface area contributed by atoms with Crippen LogP contribution in [0.4, 0.5) is 0 Å². The number of nitrogens with zero attached hydrogens (tertiary/aromatic N) is 1. The fourth-order valence-corrected chi connectivity index (χ4v) is 12.6. The number of allylic oxidation sites excluding steroid dienone is 2. The number of ketones is 1. The maximum atomic E-state index is 14.3. The zero-order valence-corrected chi connectivity index (χ0v) is 28.9. The Bertz CT molecular complexity index is 1410. The van der Waals surface area contributed by atoms with Crippen molar-refractivity contribution in [2.75, 3.05) is 0 Å². The summed E-state index contributed by atoms with van der Waals surface area (Å²) in [5, 5.41) is 10.1. The average Bonchev–Trinajstić information content (AvgIpc) is 2.95. The van der Waals surface area contributed by atoms with Gasteiger partial charge in [-0.3, -0.25) is 9.59 Å². The van der Waals surface area contributed by atoms with E-state index in [-0.39, 0.29) is 45.2 Å². The molecule has 4 unspecified atom stereocenters.